The molecule has 0 aromatic heterocycles. The monoisotopic (exact) mass is 237 g/mol. The Bertz CT molecular complexity index is 338. The molecule has 0 aliphatic heterocycles. The molecular formula is C13H19NO3. The second-order valence-electron chi connectivity index (χ2n) is 4.21. The smallest absolute Gasteiger partial charge is 0.407 e. The highest BCUT2D eigenvalue weighted by Gasteiger charge is 2.16. The number of alkyl carbamates (subject to hydrolysis) is 1. The molecule has 0 heterocycles. The maximum Gasteiger partial charge on any atom is 0.407 e. The van der Waals surface area contributed by atoms with Crippen LogP contribution in [0.4, 0.5) is 4.79 Å². The minimum absolute atomic E-state index is 0.0995. The summed E-state index contributed by atoms with van der Waals surface area (Å²) in [5.41, 5.74) is 1.01. The van der Waals surface area contributed by atoms with E-state index in [9.17, 15) is 4.79 Å². The molecule has 4 nitrogen and oxygen atoms in total. The van der Waals surface area contributed by atoms with Gasteiger partial charge in [-0.05, 0) is 11.5 Å². The van der Waals surface area contributed by atoms with E-state index in [2.05, 4.69) is 5.32 Å². The lowest BCUT2D eigenvalue weighted by atomic mass is 10.1. The summed E-state index contributed by atoms with van der Waals surface area (Å²) in [5, 5.41) is 11.7. The van der Waals surface area contributed by atoms with Crippen molar-refractivity contribution in [2.75, 3.05) is 6.61 Å². The molecule has 1 unspecified atom stereocenters. The molecule has 4 heteroatoms. The van der Waals surface area contributed by atoms with Gasteiger partial charge in [0.1, 0.15) is 6.10 Å². The fourth-order valence-corrected chi connectivity index (χ4v) is 1.33. The van der Waals surface area contributed by atoms with Crippen molar-refractivity contribution in [3.63, 3.8) is 0 Å². The van der Waals surface area contributed by atoms with E-state index in [1.807, 2.05) is 44.2 Å². The van der Waals surface area contributed by atoms with E-state index in [-0.39, 0.29) is 12.5 Å². The Morgan fingerprint density at radius 3 is 2.53 bits per heavy atom. The van der Waals surface area contributed by atoms with Crippen LogP contribution in [-0.2, 0) is 11.3 Å². The Hall–Kier alpha value is -1.55. The van der Waals surface area contributed by atoms with Crippen LogP contribution in [0.5, 0.6) is 0 Å². The second kappa shape index (κ2) is 6.91. The van der Waals surface area contributed by atoms with Crippen LogP contribution in [0.1, 0.15) is 19.4 Å². The number of aliphatic hydroxyl groups excluding tert-OH is 1. The van der Waals surface area contributed by atoms with Gasteiger partial charge in [0.05, 0.1) is 6.61 Å². The molecular weight excluding hydrogens is 218 g/mol. The van der Waals surface area contributed by atoms with Crippen molar-refractivity contribution in [3.05, 3.63) is 35.9 Å². The van der Waals surface area contributed by atoms with E-state index >= 15 is 0 Å². The highest BCUT2D eigenvalue weighted by atomic mass is 16.6. The first kappa shape index (κ1) is 13.5. The predicted molar refractivity (Wildman–Crippen MR) is 65.5 cm³/mol. The number of rotatable bonds is 5. The molecule has 1 rings (SSSR count). The van der Waals surface area contributed by atoms with Gasteiger partial charge < -0.3 is 15.2 Å². The molecule has 1 aromatic rings. The average molecular weight is 237 g/mol. The Labute approximate surface area is 102 Å². The van der Waals surface area contributed by atoms with E-state index in [0.717, 1.165) is 5.56 Å². The van der Waals surface area contributed by atoms with E-state index in [4.69, 9.17) is 9.84 Å². The van der Waals surface area contributed by atoms with Crippen molar-refractivity contribution >= 4 is 6.09 Å². The molecule has 1 aromatic carbocycles. The summed E-state index contributed by atoms with van der Waals surface area (Å²) >= 11 is 0. The molecule has 0 spiro atoms. The standard InChI is InChI=1S/C13H19NO3/c1-10(2)12(9-15)17-13(16)14-8-11-6-4-3-5-7-11/h3-7,10,12,15H,8-9H2,1-2H3,(H,14,16). The maximum absolute atomic E-state index is 11.4. The number of nitrogens with one attached hydrogen (secondary N) is 1. The lowest BCUT2D eigenvalue weighted by Crippen LogP contribution is -2.33. The first-order chi connectivity index (χ1) is 8.13. The zero-order valence-electron chi connectivity index (χ0n) is 10.2. The molecule has 0 bridgehead atoms. The van der Waals surface area contributed by atoms with Crippen molar-refractivity contribution in [1.82, 2.24) is 5.32 Å². The van der Waals surface area contributed by atoms with Gasteiger partial charge in [-0.3, -0.25) is 0 Å². The molecule has 94 valence electrons. The summed E-state index contributed by atoms with van der Waals surface area (Å²) in [4.78, 5) is 11.4. The van der Waals surface area contributed by atoms with Gasteiger partial charge in [-0.25, -0.2) is 4.79 Å². The van der Waals surface area contributed by atoms with Crippen LogP contribution in [0, 0.1) is 5.92 Å². The fourth-order valence-electron chi connectivity index (χ4n) is 1.33. The SMILES string of the molecule is CC(C)C(CO)OC(=O)NCc1ccccc1. The summed E-state index contributed by atoms with van der Waals surface area (Å²) in [6.45, 7) is 4.06. The molecule has 0 aliphatic carbocycles. The molecule has 0 fully saturated rings. The summed E-state index contributed by atoms with van der Waals surface area (Å²) in [5.74, 6) is 0.0995. The van der Waals surface area contributed by atoms with Gasteiger partial charge in [0.25, 0.3) is 0 Å². The van der Waals surface area contributed by atoms with Crippen molar-refractivity contribution in [1.29, 1.82) is 0 Å². The molecule has 0 radical (unpaired) electrons. The lowest BCUT2D eigenvalue weighted by molar-refractivity contribution is 0.0311. The van der Waals surface area contributed by atoms with Crippen LogP contribution < -0.4 is 5.32 Å². The first-order valence-electron chi connectivity index (χ1n) is 5.72. The Morgan fingerprint density at radius 2 is 2.00 bits per heavy atom. The summed E-state index contributed by atoms with van der Waals surface area (Å²) < 4.78 is 5.08. The van der Waals surface area contributed by atoms with Crippen LogP contribution in [-0.4, -0.2) is 23.9 Å². The molecule has 0 saturated heterocycles. The number of ether oxygens (including phenoxy) is 1. The highest BCUT2D eigenvalue weighted by molar-refractivity contribution is 5.67. The minimum Gasteiger partial charge on any atom is -0.444 e. The first-order valence-corrected chi connectivity index (χ1v) is 5.72. The normalized spacial score (nSPS) is 12.2. The number of amides is 1. The zero-order chi connectivity index (χ0) is 12.7. The Morgan fingerprint density at radius 1 is 1.35 bits per heavy atom. The van der Waals surface area contributed by atoms with Crippen molar-refractivity contribution in [2.45, 2.75) is 26.5 Å². The number of aliphatic hydroxyl groups is 1. The molecule has 0 aliphatic rings. The van der Waals surface area contributed by atoms with Gasteiger partial charge in [-0.1, -0.05) is 44.2 Å². The number of carbonyl (C=O) groups is 1. The quantitative estimate of drug-likeness (QED) is 0.822. The van der Waals surface area contributed by atoms with E-state index in [0.29, 0.717) is 6.54 Å². The third-order valence-electron chi connectivity index (χ3n) is 2.46. The van der Waals surface area contributed by atoms with Crippen LogP contribution in [0.2, 0.25) is 0 Å². The van der Waals surface area contributed by atoms with Gasteiger partial charge in [0.15, 0.2) is 0 Å². The van der Waals surface area contributed by atoms with E-state index in [1.165, 1.54) is 0 Å². The van der Waals surface area contributed by atoms with Crippen molar-refractivity contribution in [2.24, 2.45) is 5.92 Å². The van der Waals surface area contributed by atoms with Gasteiger partial charge >= 0.3 is 6.09 Å². The molecule has 1 atom stereocenters. The topological polar surface area (TPSA) is 58.6 Å². The predicted octanol–water partition coefficient (Wildman–Crippen LogP) is 1.93. The summed E-state index contributed by atoms with van der Waals surface area (Å²) in [6.07, 6.45) is -0.952. The Kier molecular flexibility index (Phi) is 5.49. The van der Waals surface area contributed by atoms with Crippen LogP contribution in [0.25, 0.3) is 0 Å². The number of hydrogen-bond acceptors (Lipinski definition) is 3. The number of benzene rings is 1. The zero-order valence-corrected chi connectivity index (χ0v) is 10.2. The van der Waals surface area contributed by atoms with E-state index < -0.39 is 12.2 Å². The van der Waals surface area contributed by atoms with Crippen molar-refractivity contribution in [3.8, 4) is 0 Å². The Balaban J connectivity index is 2.35. The minimum atomic E-state index is -0.499. The highest BCUT2D eigenvalue weighted by Crippen LogP contribution is 2.06. The third kappa shape index (κ3) is 4.87. The van der Waals surface area contributed by atoms with E-state index in [1.54, 1.807) is 0 Å². The number of carbonyl (C=O) groups excluding carboxylic acids is 1. The van der Waals surface area contributed by atoms with Crippen molar-refractivity contribution < 1.29 is 14.6 Å². The van der Waals surface area contributed by atoms with Gasteiger partial charge in [0.2, 0.25) is 0 Å². The largest absolute Gasteiger partial charge is 0.444 e. The number of hydrogen-bond donors (Lipinski definition) is 2. The second-order valence-corrected chi connectivity index (χ2v) is 4.21. The van der Waals surface area contributed by atoms with Crippen LogP contribution in [0.15, 0.2) is 30.3 Å². The molecule has 2 N–H and O–H groups in total. The van der Waals surface area contributed by atoms with Crippen LogP contribution >= 0.6 is 0 Å². The van der Waals surface area contributed by atoms with Crippen LogP contribution in [0.3, 0.4) is 0 Å². The molecule has 17 heavy (non-hydrogen) atoms. The third-order valence-corrected chi connectivity index (χ3v) is 2.46. The summed E-state index contributed by atoms with van der Waals surface area (Å²) in [6, 6.07) is 9.58. The maximum atomic E-state index is 11.4. The molecule has 1 amide bonds. The molecule has 0 saturated carbocycles. The van der Waals surface area contributed by atoms with Gasteiger partial charge in [0, 0.05) is 6.54 Å². The lowest BCUT2D eigenvalue weighted by Gasteiger charge is -2.19. The van der Waals surface area contributed by atoms with Gasteiger partial charge in [-0.15, -0.1) is 0 Å². The van der Waals surface area contributed by atoms with Gasteiger partial charge in [-0.2, -0.15) is 0 Å². The summed E-state index contributed by atoms with van der Waals surface area (Å²) in [7, 11) is 0. The average Bonchev–Trinajstić information content (AvgIpc) is 2.34. The fraction of sp³-hybridized carbons (Fsp3) is 0.462.